The van der Waals surface area contributed by atoms with Crippen LogP contribution in [0.4, 0.5) is 11.5 Å². The molecule has 7 rings (SSSR count). The molecule has 0 aliphatic carbocycles. The van der Waals surface area contributed by atoms with Crippen LogP contribution in [0, 0.1) is 0 Å². The Bertz CT molecular complexity index is 1520. The summed E-state index contributed by atoms with van der Waals surface area (Å²) in [5.74, 6) is 1.00. The first-order chi connectivity index (χ1) is 19.1. The van der Waals surface area contributed by atoms with Crippen molar-refractivity contribution in [1.29, 1.82) is 0 Å². The van der Waals surface area contributed by atoms with Crippen LogP contribution in [0.15, 0.2) is 54.7 Å². The maximum Gasteiger partial charge on any atom is 0.318 e. The third-order valence-electron chi connectivity index (χ3n) is 8.55. The van der Waals surface area contributed by atoms with Crippen molar-refractivity contribution in [3.05, 3.63) is 82.3 Å². The van der Waals surface area contributed by atoms with E-state index in [4.69, 9.17) is 26.3 Å². The minimum absolute atomic E-state index is 0.411. The van der Waals surface area contributed by atoms with Gasteiger partial charge >= 0.3 is 6.01 Å². The van der Waals surface area contributed by atoms with Crippen LogP contribution in [0.1, 0.15) is 35.4 Å². The lowest BCUT2D eigenvalue weighted by atomic mass is 10.0. The summed E-state index contributed by atoms with van der Waals surface area (Å²) in [6.45, 7) is 4.97. The molecule has 3 aliphatic heterocycles. The number of aromatic nitrogens is 3. The molecular formula is C31H33ClN6O. The SMILES string of the molecule is CN1CCC[C@H]1COc1nc2c(c(N3CCc4cccnc4C3)n1)CCN(c1cccc3cccc(Cl)c13)C2. The van der Waals surface area contributed by atoms with Crippen molar-refractivity contribution in [3.63, 3.8) is 0 Å². The van der Waals surface area contributed by atoms with Gasteiger partial charge in [-0.15, -0.1) is 0 Å². The Kier molecular flexibility index (Phi) is 6.49. The van der Waals surface area contributed by atoms with E-state index >= 15 is 0 Å². The van der Waals surface area contributed by atoms with Crippen molar-refractivity contribution in [1.82, 2.24) is 19.9 Å². The first-order valence-electron chi connectivity index (χ1n) is 14.0. The second-order valence-electron chi connectivity index (χ2n) is 10.9. The third-order valence-corrected chi connectivity index (χ3v) is 8.86. The highest BCUT2D eigenvalue weighted by Gasteiger charge is 2.29. The van der Waals surface area contributed by atoms with Gasteiger partial charge in [-0.3, -0.25) is 4.98 Å². The first kappa shape index (κ1) is 24.6. The molecule has 1 saturated heterocycles. The van der Waals surface area contributed by atoms with E-state index in [1.165, 1.54) is 17.5 Å². The van der Waals surface area contributed by atoms with Gasteiger partial charge in [0, 0.05) is 42.0 Å². The lowest BCUT2D eigenvalue weighted by molar-refractivity contribution is 0.187. The minimum Gasteiger partial charge on any atom is -0.462 e. The van der Waals surface area contributed by atoms with E-state index < -0.39 is 0 Å². The second kappa shape index (κ2) is 10.3. The van der Waals surface area contributed by atoms with Gasteiger partial charge < -0.3 is 19.4 Å². The van der Waals surface area contributed by atoms with Crippen molar-refractivity contribution in [2.75, 3.05) is 43.1 Å². The monoisotopic (exact) mass is 540 g/mol. The molecule has 0 bridgehead atoms. The van der Waals surface area contributed by atoms with Crippen molar-refractivity contribution in [2.45, 2.75) is 44.8 Å². The van der Waals surface area contributed by atoms with E-state index in [-0.39, 0.29) is 0 Å². The zero-order valence-electron chi connectivity index (χ0n) is 22.3. The molecule has 0 spiro atoms. The summed E-state index contributed by atoms with van der Waals surface area (Å²) in [5.41, 5.74) is 5.87. The fourth-order valence-electron chi connectivity index (χ4n) is 6.36. The Hall–Kier alpha value is -3.42. The normalized spacial score (nSPS) is 19.3. The topological polar surface area (TPSA) is 57.6 Å². The van der Waals surface area contributed by atoms with Gasteiger partial charge in [0.25, 0.3) is 0 Å². The molecule has 0 N–H and O–H groups in total. The zero-order valence-corrected chi connectivity index (χ0v) is 23.1. The Balaban J connectivity index is 1.24. The average molecular weight is 541 g/mol. The molecule has 0 amide bonds. The lowest BCUT2D eigenvalue weighted by Gasteiger charge is -2.35. The highest BCUT2D eigenvalue weighted by atomic mass is 35.5. The molecule has 3 aliphatic rings. The molecule has 200 valence electrons. The van der Waals surface area contributed by atoms with Crippen LogP contribution in [-0.4, -0.2) is 59.2 Å². The summed E-state index contributed by atoms with van der Waals surface area (Å²) in [6, 6.07) is 17.6. The molecule has 5 heterocycles. The predicted molar refractivity (Wildman–Crippen MR) is 156 cm³/mol. The molecule has 0 unspecified atom stereocenters. The Morgan fingerprint density at radius 2 is 1.77 bits per heavy atom. The van der Waals surface area contributed by atoms with Crippen LogP contribution < -0.4 is 14.5 Å². The second-order valence-corrected chi connectivity index (χ2v) is 11.3. The first-order valence-corrected chi connectivity index (χ1v) is 14.3. The number of likely N-dealkylation sites (tertiary alicyclic amines) is 1. The van der Waals surface area contributed by atoms with Gasteiger partial charge in [-0.25, -0.2) is 0 Å². The number of pyridine rings is 1. The summed E-state index contributed by atoms with van der Waals surface area (Å²) < 4.78 is 6.31. The van der Waals surface area contributed by atoms with E-state index in [0.717, 1.165) is 84.1 Å². The minimum atomic E-state index is 0.411. The Morgan fingerprint density at radius 1 is 0.923 bits per heavy atom. The average Bonchev–Trinajstić information content (AvgIpc) is 3.39. The number of rotatable bonds is 5. The van der Waals surface area contributed by atoms with Crippen LogP contribution in [0.25, 0.3) is 10.8 Å². The van der Waals surface area contributed by atoms with Gasteiger partial charge in [0.05, 0.1) is 29.5 Å². The molecule has 2 aromatic heterocycles. The van der Waals surface area contributed by atoms with E-state index in [9.17, 15) is 0 Å². The van der Waals surface area contributed by atoms with Crippen molar-refractivity contribution in [3.8, 4) is 6.01 Å². The number of anilines is 2. The molecule has 1 atom stereocenters. The molecular weight excluding hydrogens is 508 g/mol. The fraction of sp³-hybridized carbons (Fsp3) is 0.387. The number of fused-ring (bicyclic) bond motifs is 3. The Labute approximate surface area is 234 Å². The van der Waals surface area contributed by atoms with Crippen molar-refractivity contribution >= 4 is 33.9 Å². The largest absolute Gasteiger partial charge is 0.462 e. The highest BCUT2D eigenvalue weighted by molar-refractivity contribution is 6.36. The molecule has 0 radical (unpaired) electrons. The van der Waals surface area contributed by atoms with E-state index in [1.807, 2.05) is 24.4 Å². The van der Waals surface area contributed by atoms with E-state index in [2.05, 4.69) is 57.1 Å². The summed E-state index contributed by atoms with van der Waals surface area (Å²) in [4.78, 5) is 21.9. The highest BCUT2D eigenvalue weighted by Crippen LogP contribution is 2.37. The third kappa shape index (κ3) is 4.68. The summed E-state index contributed by atoms with van der Waals surface area (Å²) in [7, 11) is 2.17. The molecule has 8 heteroatoms. The van der Waals surface area contributed by atoms with Crippen molar-refractivity contribution in [2.24, 2.45) is 0 Å². The van der Waals surface area contributed by atoms with Crippen LogP contribution >= 0.6 is 11.6 Å². The van der Waals surface area contributed by atoms with Crippen LogP contribution in [0.3, 0.4) is 0 Å². The quantitative estimate of drug-likeness (QED) is 0.341. The maximum absolute atomic E-state index is 6.70. The predicted octanol–water partition coefficient (Wildman–Crippen LogP) is 5.28. The molecule has 1 fully saturated rings. The lowest BCUT2D eigenvalue weighted by Crippen LogP contribution is -2.37. The molecule has 39 heavy (non-hydrogen) atoms. The van der Waals surface area contributed by atoms with E-state index in [0.29, 0.717) is 25.2 Å². The van der Waals surface area contributed by atoms with Crippen LogP contribution in [0.2, 0.25) is 5.02 Å². The van der Waals surface area contributed by atoms with Gasteiger partial charge in [-0.1, -0.05) is 41.9 Å². The fourth-order valence-corrected chi connectivity index (χ4v) is 6.64. The van der Waals surface area contributed by atoms with Crippen LogP contribution in [-0.2, 0) is 25.9 Å². The molecule has 4 aromatic rings. The summed E-state index contributed by atoms with van der Waals surface area (Å²) in [5, 5.41) is 3.03. The summed E-state index contributed by atoms with van der Waals surface area (Å²) in [6.07, 6.45) is 6.08. The van der Waals surface area contributed by atoms with Gasteiger partial charge in [0.2, 0.25) is 0 Å². The number of hydrogen-bond acceptors (Lipinski definition) is 7. The number of likely N-dealkylation sites (N-methyl/N-ethyl adjacent to an activating group) is 1. The Morgan fingerprint density at radius 3 is 2.64 bits per heavy atom. The van der Waals surface area contributed by atoms with Crippen LogP contribution in [0.5, 0.6) is 6.01 Å². The molecule has 0 saturated carbocycles. The molecule has 7 nitrogen and oxygen atoms in total. The molecule has 2 aromatic carbocycles. The number of benzene rings is 2. The number of ether oxygens (including phenoxy) is 1. The smallest absolute Gasteiger partial charge is 0.318 e. The number of hydrogen-bond donors (Lipinski definition) is 0. The maximum atomic E-state index is 6.70. The van der Waals surface area contributed by atoms with E-state index in [1.54, 1.807) is 0 Å². The van der Waals surface area contributed by atoms with Gasteiger partial charge in [0.1, 0.15) is 12.4 Å². The standard InChI is InChI=1S/C31H33ClN6O/c1-36-15-5-9-23(36)20-39-31-34-27-19-37(28-11-3-7-22-6-2-10-25(32)29(22)28)17-13-24(27)30(35-31)38-16-12-21-8-4-14-33-26(21)18-38/h2-4,6-8,10-11,14,23H,5,9,12-13,15-20H2,1H3/t23-/m0/s1. The zero-order chi connectivity index (χ0) is 26.3. The summed E-state index contributed by atoms with van der Waals surface area (Å²) >= 11 is 6.70. The van der Waals surface area contributed by atoms with Gasteiger partial charge in [-0.2, -0.15) is 9.97 Å². The number of nitrogens with zero attached hydrogens (tertiary/aromatic N) is 6. The van der Waals surface area contributed by atoms with Gasteiger partial charge in [0.15, 0.2) is 0 Å². The van der Waals surface area contributed by atoms with Gasteiger partial charge in [-0.05, 0) is 68.4 Å². The number of halogens is 1. The van der Waals surface area contributed by atoms with Crippen molar-refractivity contribution < 1.29 is 4.74 Å².